The van der Waals surface area contributed by atoms with E-state index < -0.39 is 6.10 Å². The Morgan fingerprint density at radius 3 is 2.79 bits per heavy atom. The van der Waals surface area contributed by atoms with Crippen LogP contribution < -0.4 is 0 Å². The molecule has 0 aromatic carbocycles. The minimum atomic E-state index is -0.611. The summed E-state index contributed by atoms with van der Waals surface area (Å²) in [6.07, 6.45) is 1.08. The lowest BCUT2D eigenvalue weighted by Crippen LogP contribution is -2.10. The lowest BCUT2D eigenvalue weighted by atomic mass is 9.96. The van der Waals surface area contributed by atoms with E-state index in [2.05, 4.69) is 6.07 Å². The predicted octanol–water partition coefficient (Wildman–Crippen LogP) is 3.03. The molecule has 2 atom stereocenters. The van der Waals surface area contributed by atoms with Crippen molar-refractivity contribution in [2.24, 2.45) is 5.92 Å². The quantitative estimate of drug-likeness (QED) is 0.828. The van der Waals surface area contributed by atoms with Gasteiger partial charge in [-0.3, -0.25) is 0 Å². The molecule has 0 radical (unpaired) electrons. The van der Waals surface area contributed by atoms with Crippen molar-refractivity contribution in [3.8, 4) is 6.07 Å². The van der Waals surface area contributed by atoms with E-state index >= 15 is 0 Å². The first-order valence-corrected chi connectivity index (χ1v) is 5.70. The third-order valence-electron chi connectivity index (χ3n) is 2.32. The van der Waals surface area contributed by atoms with E-state index in [1.165, 1.54) is 11.3 Å². The molecule has 1 aromatic heterocycles. The van der Waals surface area contributed by atoms with Gasteiger partial charge in [-0.15, -0.1) is 11.3 Å². The van der Waals surface area contributed by atoms with Gasteiger partial charge in [0.1, 0.15) is 6.10 Å². The SMILES string of the molecule is CCCC(C#N)C(O)c1sccc1C. The largest absolute Gasteiger partial charge is 0.386 e. The first-order valence-electron chi connectivity index (χ1n) is 4.82. The monoisotopic (exact) mass is 209 g/mol. The molecule has 1 rings (SSSR count). The molecule has 3 heteroatoms. The van der Waals surface area contributed by atoms with Gasteiger partial charge >= 0.3 is 0 Å². The smallest absolute Gasteiger partial charge is 0.104 e. The molecule has 2 unspecified atom stereocenters. The van der Waals surface area contributed by atoms with Crippen LogP contribution in [0.5, 0.6) is 0 Å². The second-order valence-corrected chi connectivity index (χ2v) is 4.38. The molecule has 0 saturated carbocycles. The van der Waals surface area contributed by atoms with Crippen LogP contribution in [0.25, 0.3) is 0 Å². The van der Waals surface area contributed by atoms with Crippen LogP contribution in [-0.2, 0) is 0 Å². The molecule has 0 bridgehead atoms. The highest BCUT2D eigenvalue weighted by atomic mass is 32.1. The summed E-state index contributed by atoms with van der Waals surface area (Å²) < 4.78 is 0. The molecule has 1 heterocycles. The number of hydrogen-bond acceptors (Lipinski definition) is 3. The zero-order chi connectivity index (χ0) is 10.6. The first-order chi connectivity index (χ1) is 6.70. The Morgan fingerprint density at radius 2 is 2.36 bits per heavy atom. The van der Waals surface area contributed by atoms with E-state index in [1.54, 1.807) is 0 Å². The van der Waals surface area contributed by atoms with Gasteiger partial charge in [0.25, 0.3) is 0 Å². The third-order valence-corrected chi connectivity index (χ3v) is 3.41. The lowest BCUT2D eigenvalue weighted by Gasteiger charge is -2.15. The van der Waals surface area contributed by atoms with Gasteiger partial charge in [-0.25, -0.2) is 0 Å². The maximum Gasteiger partial charge on any atom is 0.104 e. The van der Waals surface area contributed by atoms with E-state index in [0.717, 1.165) is 23.3 Å². The van der Waals surface area contributed by atoms with Crippen LogP contribution in [0.1, 0.15) is 36.3 Å². The highest BCUT2D eigenvalue weighted by Gasteiger charge is 2.21. The van der Waals surface area contributed by atoms with Crippen molar-refractivity contribution in [2.75, 3.05) is 0 Å². The van der Waals surface area contributed by atoms with Crippen molar-refractivity contribution in [1.82, 2.24) is 0 Å². The third kappa shape index (κ3) is 2.34. The molecule has 0 saturated heterocycles. The standard InChI is InChI=1S/C11H15NOS/c1-3-4-9(7-12)10(13)11-8(2)5-6-14-11/h5-6,9-10,13H,3-4H2,1-2H3. The molecule has 0 spiro atoms. The Balaban J connectivity index is 2.78. The van der Waals surface area contributed by atoms with Crippen LogP contribution in [0.2, 0.25) is 0 Å². The number of aliphatic hydroxyl groups excluding tert-OH is 1. The highest BCUT2D eigenvalue weighted by molar-refractivity contribution is 7.10. The molecule has 1 aromatic rings. The van der Waals surface area contributed by atoms with Crippen LogP contribution in [-0.4, -0.2) is 5.11 Å². The zero-order valence-corrected chi connectivity index (χ0v) is 9.34. The van der Waals surface area contributed by atoms with Gasteiger partial charge < -0.3 is 5.11 Å². The average molecular weight is 209 g/mol. The number of nitrogens with zero attached hydrogens (tertiary/aromatic N) is 1. The van der Waals surface area contributed by atoms with E-state index in [-0.39, 0.29) is 5.92 Å². The van der Waals surface area contributed by atoms with Crippen LogP contribution in [0, 0.1) is 24.2 Å². The molecular weight excluding hydrogens is 194 g/mol. The topological polar surface area (TPSA) is 44.0 Å². The molecule has 0 aliphatic carbocycles. The maximum absolute atomic E-state index is 9.97. The summed E-state index contributed by atoms with van der Waals surface area (Å²) >= 11 is 1.53. The first kappa shape index (κ1) is 11.2. The Hall–Kier alpha value is -0.850. The summed E-state index contributed by atoms with van der Waals surface area (Å²) in [6.45, 7) is 3.99. The zero-order valence-electron chi connectivity index (χ0n) is 8.53. The number of nitriles is 1. The molecule has 1 N–H and O–H groups in total. The van der Waals surface area contributed by atoms with Crippen molar-refractivity contribution in [3.63, 3.8) is 0 Å². The Morgan fingerprint density at radius 1 is 1.64 bits per heavy atom. The van der Waals surface area contributed by atoms with Crippen molar-refractivity contribution in [1.29, 1.82) is 5.26 Å². The molecule has 14 heavy (non-hydrogen) atoms. The second-order valence-electron chi connectivity index (χ2n) is 3.44. The normalized spacial score (nSPS) is 14.7. The highest BCUT2D eigenvalue weighted by Crippen LogP contribution is 2.31. The van der Waals surface area contributed by atoms with Gasteiger partial charge in [-0.05, 0) is 30.4 Å². The summed E-state index contributed by atoms with van der Waals surface area (Å²) in [7, 11) is 0. The summed E-state index contributed by atoms with van der Waals surface area (Å²) in [5.74, 6) is -0.266. The van der Waals surface area contributed by atoms with Crippen LogP contribution in [0.4, 0.5) is 0 Å². The van der Waals surface area contributed by atoms with Crippen molar-refractivity contribution >= 4 is 11.3 Å². The van der Waals surface area contributed by atoms with Gasteiger partial charge in [0.2, 0.25) is 0 Å². The van der Waals surface area contributed by atoms with Crippen molar-refractivity contribution in [2.45, 2.75) is 32.8 Å². The Labute approximate surface area is 88.8 Å². The summed E-state index contributed by atoms with van der Waals surface area (Å²) in [4.78, 5) is 0.935. The summed E-state index contributed by atoms with van der Waals surface area (Å²) in [5, 5.41) is 20.8. The van der Waals surface area contributed by atoms with E-state index in [1.807, 2.05) is 25.3 Å². The van der Waals surface area contributed by atoms with E-state index in [0.29, 0.717) is 0 Å². The number of rotatable bonds is 4. The van der Waals surface area contributed by atoms with E-state index in [4.69, 9.17) is 5.26 Å². The maximum atomic E-state index is 9.97. The number of hydrogen-bond donors (Lipinski definition) is 1. The fraction of sp³-hybridized carbons (Fsp3) is 0.545. The minimum absolute atomic E-state index is 0.266. The molecule has 0 amide bonds. The molecule has 2 nitrogen and oxygen atoms in total. The van der Waals surface area contributed by atoms with Gasteiger partial charge in [-0.1, -0.05) is 13.3 Å². The second kappa shape index (κ2) is 5.14. The molecule has 76 valence electrons. The fourth-order valence-corrected chi connectivity index (χ4v) is 2.45. The molecule has 0 fully saturated rings. The van der Waals surface area contributed by atoms with Gasteiger partial charge in [0.15, 0.2) is 0 Å². The molecule has 0 aliphatic heterocycles. The van der Waals surface area contributed by atoms with Crippen molar-refractivity contribution in [3.05, 3.63) is 21.9 Å². The summed E-state index contributed by atoms with van der Waals surface area (Å²) in [6, 6.07) is 4.15. The van der Waals surface area contributed by atoms with Gasteiger partial charge in [0.05, 0.1) is 12.0 Å². The Bertz CT molecular complexity index is 326. The van der Waals surface area contributed by atoms with Gasteiger partial charge in [-0.2, -0.15) is 5.26 Å². The molecule has 0 aliphatic rings. The van der Waals surface area contributed by atoms with Crippen molar-refractivity contribution < 1.29 is 5.11 Å². The number of aliphatic hydroxyl groups is 1. The average Bonchev–Trinajstić information content (AvgIpc) is 2.59. The minimum Gasteiger partial charge on any atom is -0.386 e. The van der Waals surface area contributed by atoms with Crippen LogP contribution in [0.15, 0.2) is 11.4 Å². The number of aryl methyl sites for hydroxylation is 1. The lowest BCUT2D eigenvalue weighted by molar-refractivity contribution is 0.133. The predicted molar refractivity (Wildman–Crippen MR) is 58.0 cm³/mol. The molecular formula is C11H15NOS. The van der Waals surface area contributed by atoms with Crippen LogP contribution >= 0.6 is 11.3 Å². The fourth-order valence-electron chi connectivity index (χ4n) is 1.47. The van der Waals surface area contributed by atoms with Gasteiger partial charge in [0, 0.05) is 4.88 Å². The Kier molecular flexibility index (Phi) is 4.12. The van der Waals surface area contributed by atoms with E-state index in [9.17, 15) is 5.11 Å². The van der Waals surface area contributed by atoms with Crippen LogP contribution in [0.3, 0.4) is 0 Å². The summed E-state index contributed by atoms with van der Waals surface area (Å²) in [5.41, 5.74) is 1.08. The number of thiophene rings is 1.